The molecule has 0 spiro atoms. The number of aliphatic carboxylic acids is 1. The van der Waals surface area contributed by atoms with Crippen molar-refractivity contribution < 1.29 is 14.7 Å². The molecule has 0 bridgehead atoms. The molecule has 0 radical (unpaired) electrons. The molecule has 1 aliphatic heterocycles. The van der Waals surface area contributed by atoms with Crippen molar-refractivity contribution >= 4 is 23.8 Å². The van der Waals surface area contributed by atoms with Gasteiger partial charge in [-0.25, -0.2) is 9.59 Å². The number of carbonyl (C=O) groups is 2. The van der Waals surface area contributed by atoms with Gasteiger partial charge in [-0.1, -0.05) is 0 Å². The third-order valence-electron chi connectivity index (χ3n) is 3.17. The number of thioether (sulfide) groups is 1. The van der Waals surface area contributed by atoms with Gasteiger partial charge in [-0.15, -0.1) is 0 Å². The molecular formula is C12H22N2O3S. The van der Waals surface area contributed by atoms with Gasteiger partial charge in [0.2, 0.25) is 0 Å². The smallest absolute Gasteiger partial charge is 0.326 e. The lowest BCUT2D eigenvalue weighted by atomic mass is 10.0. The predicted molar refractivity (Wildman–Crippen MR) is 73.0 cm³/mol. The van der Waals surface area contributed by atoms with Gasteiger partial charge >= 0.3 is 12.0 Å². The van der Waals surface area contributed by atoms with Crippen molar-refractivity contribution in [1.82, 2.24) is 10.2 Å². The van der Waals surface area contributed by atoms with E-state index in [1.54, 1.807) is 11.8 Å². The Morgan fingerprint density at radius 2 is 2.22 bits per heavy atom. The number of hydrogen-bond acceptors (Lipinski definition) is 3. The first-order valence-electron chi connectivity index (χ1n) is 6.35. The minimum Gasteiger partial charge on any atom is -0.480 e. The summed E-state index contributed by atoms with van der Waals surface area (Å²) in [7, 11) is 0. The Morgan fingerprint density at radius 3 is 2.83 bits per heavy atom. The summed E-state index contributed by atoms with van der Waals surface area (Å²) in [5.74, 6) is 0.0886. The second kappa shape index (κ2) is 7.51. The first-order valence-corrected chi connectivity index (χ1v) is 7.74. The van der Waals surface area contributed by atoms with Crippen LogP contribution in [-0.2, 0) is 4.79 Å². The van der Waals surface area contributed by atoms with Crippen molar-refractivity contribution in [1.29, 1.82) is 0 Å². The van der Waals surface area contributed by atoms with Crippen LogP contribution < -0.4 is 5.32 Å². The van der Waals surface area contributed by atoms with Gasteiger partial charge in [-0.05, 0) is 44.6 Å². The molecule has 18 heavy (non-hydrogen) atoms. The summed E-state index contributed by atoms with van der Waals surface area (Å²) in [4.78, 5) is 24.6. The molecule has 1 fully saturated rings. The summed E-state index contributed by atoms with van der Waals surface area (Å²) >= 11 is 1.74. The van der Waals surface area contributed by atoms with E-state index >= 15 is 0 Å². The van der Waals surface area contributed by atoms with E-state index < -0.39 is 12.0 Å². The van der Waals surface area contributed by atoms with Gasteiger partial charge < -0.3 is 15.3 Å². The van der Waals surface area contributed by atoms with E-state index in [4.69, 9.17) is 5.11 Å². The van der Waals surface area contributed by atoms with Gasteiger partial charge in [0.1, 0.15) is 6.04 Å². The highest BCUT2D eigenvalue weighted by Gasteiger charge is 2.32. The zero-order valence-corrected chi connectivity index (χ0v) is 11.8. The van der Waals surface area contributed by atoms with Crippen LogP contribution in [0.1, 0.15) is 32.6 Å². The molecule has 0 saturated carbocycles. The Balaban J connectivity index is 2.50. The number of piperidine rings is 1. The Labute approximate surface area is 112 Å². The minimum absolute atomic E-state index is 0.0846. The van der Waals surface area contributed by atoms with Crippen LogP contribution in [0, 0.1) is 0 Å². The Hall–Kier alpha value is -0.910. The van der Waals surface area contributed by atoms with E-state index in [-0.39, 0.29) is 12.1 Å². The lowest BCUT2D eigenvalue weighted by molar-refractivity contribution is -0.143. The molecule has 1 heterocycles. The highest BCUT2D eigenvalue weighted by atomic mass is 32.2. The van der Waals surface area contributed by atoms with Crippen LogP contribution in [0.15, 0.2) is 0 Å². The third-order valence-corrected chi connectivity index (χ3v) is 3.82. The monoisotopic (exact) mass is 274 g/mol. The molecule has 5 nitrogen and oxygen atoms in total. The molecule has 104 valence electrons. The van der Waals surface area contributed by atoms with Crippen LogP contribution in [0.3, 0.4) is 0 Å². The number of carboxylic acids is 1. The lowest BCUT2D eigenvalue weighted by Gasteiger charge is -2.33. The van der Waals surface area contributed by atoms with Crippen LogP contribution in [-0.4, -0.2) is 52.6 Å². The lowest BCUT2D eigenvalue weighted by Crippen LogP contribution is -2.53. The predicted octanol–water partition coefficient (Wildman–Crippen LogP) is 1.78. The fraction of sp³-hybridized carbons (Fsp3) is 0.833. The molecule has 0 aromatic carbocycles. The van der Waals surface area contributed by atoms with Crippen molar-refractivity contribution in [3.8, 4) is 0 Å². The quantitative estimate of drug-likeness (QED) is 0.801. The molecule has 0 aromatic heterocycles. The average molecular weight is 274 g/mol. The van der Waals surface area contributed by atoms with Crippen molar-refractivity contribution in [3.63, 3.8) is 0 Å². The highest BCUT2D eigenvalue weighted by Crippen LogP contribution is 2.17. The molecule has 1 aliphatic rings. The molecule has 0 aliphatic carbocycles. The van der Waals surface area contributed by atoms with E-state index in [2.05, 4.69) is 5.32 Å². The molecule has 1 rings (SSSR count). The maximum atomic E-state index is 12.0. The Morgan fingerprint density at radius 1 is 1.50 bits per heavy atom. The van der Waals surface area contributed by atoms with Crippen LogP contribution in [0.2, 0.25) is 0 Å². The van der Waals surface area contributed by atoms with E-state index in [0.717, 1.165) is 25.0 Å². The molecule has 6 heteroatoms. The molecule has 2 N–H and O–H groups in total. The molecule has 2 atom stereocenters. The first-order chi connectivity index (χ1) is 8.56. The van der Waals surface area contributed by atoms with Crippen LogP contribution >= 0.6 is 11.8 Å². The maximum Gasteiger partial charge on any atom is 0.326 e. The summed E-state index contributed by atoms with van der Waals surface area (Å²) in [6.45, 7) is 2.49. The van der Waals surface area contributed by atoms with Crippen molar-refractivity contribution in [2.75, 3.05) is 18.6 Å². The second-order valence-electron chi connectivity index (χ2n) is 4.68. The molecule has 2 unspecified atom stereocenters. The number of nitrogens with one attached hydrogen (secondary N) is 1. The van der Waals surface area contributed by atoms with Gasteiger partial charge in [0.15, 0.2) is 0 Å². The third kappa shape index (κ3) is 4.40. The number of carboxylic acid groups (broad SMARTS) is 1. The molecule has 0 aromatic rings. The largest absolute Gasteiger partial charge is 0.480 e. The number of amides is 2. The summed E-state index contributed by atoms with van der Waals surface area (Å²) in [6.07, 6.45) is 5.25. The maximum absolute atomic E-state index is 12.0. The van der Waals surface area contributed by atoms with Crippen LogP contribution in [0.25, 0.3) is 0 Å². The number of carbonyl (C=O) groups excluding carboxylic acids is 1. The van der Waals surface area contributed by atoms with Gasteiger partial charge in [0, 0.05) is 12.6 Å². The number of hydrogen-bond donors (Lipinski definition) is 2. The van der Waals surface area contributed by atoms with Gasteiger partial charge in [-0.2, -0.15) is 11.8 Å². The van der Waals surface area contributed by atoms with Gasteiger partial charge in [-0.3, -0.25) is 0 Å². The van der Waals surface area contributed by atoms with E-state index in [1.165, 1.54) is 4.90 Å². The summed E-state index contributed by atoms with van der Waals surface area (Å²) in [6, 6.07) is -0.816. The number of nitrogens with zero attached hydrogens (tertiary/aromatic N) is 1. The molecule has 1 saturated heterocycles. The Bertz CT molecular complexity index is 299. The van der Waals surface area contributed by atoms with Gasteiger partial charge in [0.05, 0.1) is 0 Å². The second-order valence-corrected chi connectivity index (χ2v) is 5.66. The van der Waals surface area contributed by atoms with Crippen LogP contribution in [0.5, 0.6) is 0 Å². The highest BCUT2D eigenvalue weighted by molar-refractivity contribution is 7.98. The standard InChI is InChI=1S/C12H22N2O3S/c1-9(6-8-18-2)13-12(17)14-7-4-3-5-10(14)11(15)16/h9-10H,3-8H2,1-2H3,(H,13,17)(H,15,16). The van der Waals surface area contributed by atoms with Crippen LogP contribution in [0.4, 0.5) is 4.79 Å². The zero-order chi connectivity index (χ0) is 13.5. The summed E-state index contributed by atoms with van der Waals surface area (Å²) in [5, 5.41) is 12.0. The van der Waals surface area contributed by atoms with E-state index in [0.29, 0.717) is 13.0 Å². The summed E-state index contributed by atoms with van der Waals surface area (Å²) in [5.41, 5.74) is 0. The van der Waals surface area contributed by atoms with Crippen molar-refractivity contribution in [3.05, 3.63) is 0 Å². The fourth-order valence-corrected chi connectivity index (χ4v) is 2.68. The normalized spacial score (nSPS) is 21.4. The average Bonchev–Trinajstić information content (AvgIpc) is 2.36. The van der Waals surface area contributed by atoms with E-state index in [9.17, 15) is 9.59 Å². The number of rotatable bonds is 5. The molecule has 2 amide bonds. The number of urea groups is 1. The Kier molecular flexibility index (Phi) is 6.32. The molecular weight excluding hydrogens is 252 g/mol. The first kappa shape index (κ1) is 15.1. The van der Waals surface area contributed by atoms with Gasteiger partial charge in [0.25, 0.3) is 0 Å². The zero-order valence-electron chi connectivity index (χ0n) is 11.0. The number of likely N-dealkylation sites (tertiary alicyclic amines) is 1. The van der Waals surface area contributed by atoms with Crippen molar-refractivity contribution in [2.45, 2.75) is 44.7 Å². The topological polar surface area (TPSA) is 69.6 Å². The van der Waals surface area contributed by atoms with Crippen molar-refractivity contribution in [2.24, 2.45) is 0 Å². The summed E-state index contributed by atoms with van der Waals surface area (Å²) < 4.78 is 0. The van der Waals surface area contributed by atoms with E-state index in [1.807, 2.05) is 13.2 Å². The SMILES string of the molecule is CSCCC(C)NC(=O)N1CCCCC1C(=O)O. The fourth-order valence-electron chi connectivity index (χ4n) is 2.09. The minimum atomic E-state index is -0.901.